The molecule has 21 heavy (non-hydrogen) atoms. The Morgan fingerprint density at radius 1 is 1.14 bits per heavy atom. The number of carbonyl (C=O) groups is 1. The molecule has 122 valence electrons. The Labute approximate surface area is 129 Å². The number of carbonyl (C=O) groups excluding carboxylic acids is 1. The van der Waals surface area contributed by atoms with Gasteiger partial charge in [-0.25, -0.2) is 0 Å². The second-order valence-corrected chi connectivity index (χ2v) is 6.90. The van der Waals surface area contributed by atoms with E-state index in [1.807, 2.05) is 0 Å². The SMILES string of the molecule is CN(C)CCN(C(=O)CCNC1CC1)C1CCN(C)CC1. The van der Waals surface area contributed by atoms with Crippen molar-refractivity contribution in [3.05, 3.63) is 0 Å². The predicted molar refractivity (Wildman–Crippen MR) is 86.4 cm³/mol. The molecular formula is C16H32N4O. The van der Waals surface area contributed by atoms with Gasteiger partial charge < -0.3 is 20.0 Å². The molecule has 1 N–H and O–H groups in total. The summed E-state index contributed by atoms with van der Waals surface area (Å²) in [5, 5.41) is 3.45. The van der Waals surface area contributed by atoms with Crippen LogP contribution in [0.1, 0.15) is 32.1 Å². The van der Waals surface area contributed by atoms with Crippen LogP contribution >= 0.6 is 0 Å². The quantitative estimate of drug-likeness (QED) is 0.712. The zero-order valence-corrected chi connectivity index (χ0v) is 14.0. The molecule has 0 spiro atoms. The molecular weight excluding hydrogens is 264 g/mol. The maximum absolute atomic E-state index is 12.6. The third kappa shape index (κ3) is 5.93. The van der Waals surface area contributed by atoms with Gasteiger partial charge >= 0.3 is 0 Å². The van der Waals surface area contributed by atoms with Gasteiger partial charge in [-0.2, -0.15) is 0 Å². The fourth-order valence-electron chi connectivity index (χ4n) is 2.94. The molecule has 2 rings (SSSR count). The summed E-state index contributed by atoms with van der Waals surface area (Å²) in [5.74, 6) is 0.333. The topological polar surface area (TPSA) is 38.8 Å². The number of rotatable bonds is 8. The summed E-state index contributed by atoms with van der Waals surface area (Å²) in [5.41, 5.74) is 0. The van der Waals surface area contributed by atoms with Gasteiger partial charge in [0.05, 0.1) is 0 Å². The van der Waals surface area contributed by atoms with Gasteiger partial charge in [0.25, 0.3) is 0 Å². The van der Waals surface area contributed by atoms with Crippen molar-refractivity contribution in [2.75, 3.05) is 53.9 Å². The van der Waals surface area contributed by atoms with E-state index in [4.69, 9.17) is 0 Å². The second-order valence-electron chi connectivity index (χ2n) is 6.90. The summed E-state index contributed by atoms with van der Waals surface area (Å²) < 4.78 is 0. The Morgan fingerprint density at radius 2 is 1.81 bits per heavy atom. The molecule has 1 aliphatic heterocycles. The number of likely N-dealkylation sites (N-methyl/N-ethyl adjacent to an activating group) is 1. The van der Waals surface area contributed by atoms with E-state index in [-0.39, 0.29) is 0 Å². The molecule has 0 aromatic heterocycles. The van der Waals surface area contributed by atoms with E-state index in [9.17, 15) is 4.79 Å². The van der Waals surface area contributed by atoms with E-state index < -0.39 is 0 Å². The minimum absolute atomic E-state index is 0.333. The molecule has 1 aliphatic carbocycles. The second kappa shape index (κ2) is 8.11. The normalized spacial score (nSPS) is 21.0. The summed E-state index contributed by atoms with van der Waals surface area (Å²) in [7, 11) is 6.32. The highest BCUT2D eigenvalue weighted by Gasteiger charge is 2.27. The van der Waals surface area contributed by atoms with Gasteiger partial charge in [-0.3, -0.25) is 4.79 Å². The summed E-state index contributed by atoms with van der Waals surface area (Å²) in [6.07, 6.45) is 5.45. The van der Waals surface area contributed by atoms with Crippen molar-refractivity contribution in [3.63, 3.8) is 0 Å². The van der Waals surface area contributed by atoms with E-state index >= 15 is 0 Å². The minimum atomic E-state index is 0.333. The van der Waals surface area contributed by atoms with E-state index in [1.165, 1.54) is 12.8 Å². The molecule has 2 aliphatic rings. The molecule has 1 heterocycles. The summed E-state index contributed by atoms with van der Waals surface area (Å²) in [6.45, 7) is 4.87. The third-order valence-electron chi connectivity index (χ3n) is 4.59. The highest BCUT2D eigenvalue weighted by Crippen LogP contribution is 2.19. The van der Waals surface area contributed by atoms with E-state index in [2.05, 4.69) is 41.2 Å². The van der Waals surface area contributed by atoms with Crippen molar-refractivity contribution >= 4 is 5.91 Å². The predicted octanol–water partition coefficient (Wildman–Crippen LogP) is 0.613. The fraction of sp³-hybridized carbons (Fsp3) is 0.938. The maximum atomic E-state index is 12.6. The Balaban J connectivity index is 1.81. The summed E-state index contributed by atoms with van der Waals surface area (Å²) in [6, 6.07) is 1.13. The van der Waals surface area contributed by atoms with Crippen molar-refractivity contribution in [2.45, 2.75) is 44.2 Å². The van der Waals surface area contributed by atoms with Crippen LogP contribution in [-0.2, 0) is 4.79 Å². The standard InChI is InChI=1S/C16H32N4O/c1-18(2)12-13-20(15-7-10-19(3)11-8-15)16(21)6-9-17-14-4-5-14/h14-15,17H,4-13H2,1-3H3. The average Bonchev–Trinajstić information content (AvgIpc) is 3.25. The van der Waals surface area contributed by atoms with Gasteiger partial charge in [-0.05, 0) is 59.9 Å². The van der Waals surface area contributed by atoms with Crippen LogP contribution < -0.4 is 5.32 Å². The highest BCUT2D eigenvalue weighted by molar-refractivity contribution is 5.76. The molecule has 1 saturated carbocycles. The van der Waals surface area contributed by atoms with Crippen molar-refractivity contribution in [2.24, 2.45) is 0 Å². The van der Waals surface area contributed by atoms with Crippen LogP contribution in [0.25, 0.3) is 0 Å². The monoisotopic (exact) mass is 296 g/mol. The van der Waals surface area contributed by atoms with Gasteiger partial charge in [0.2, 0.25) is 5.91 Å². The maximum Gasteiger partial charge on any atom is 0.224 e. The molecule has 0 radical (unpaired) electrons. The average molecular weight is 296 g/mol. The molecule has 2 fully saturated rings. The van der Waals surface area contributed by atoms with Crippen LogP contribution in [0.2, 0.25) is 0 Å². The molecule has 0 unspecified atom stereocenters. The highest BCUT2D eigenvalue weighted by atomic mass is 16.2. The molecule has 0 bridgehead atoms. The third-order valence-corrected chi connectivity index (χ3v) is 4.59. The smallest absolute Gasteiger partial charge is 0.224 e. The van der Waals surface area contributed by atoms with Crippen LogP contribution in [0, 0.1) is 0 Å². The first-order valence-corrected chi connectivity index (χ1v) is 8.42. The number of nitrogens with zero attached hydrogens (tertiary/aromatic N) is 3. The molecule has 0 atom stereocenters. The van der Waals surface area contributed by atoms with Gasteiger partial charge in [-0.15, -0.1) is 0 Å². The zero-order chi connectivity index (χ0) is 15.2. The minimum Gasteiger partial charge on any atom is -0.338 e. The van der Waals surface area contributed by atoms with Crippen LogP contribution in [0.3, 0.4) is 0 Å². The van der Waals surface area contributed by atoms with Crippen LogP contribution in [0.15, 0.2) is 0 Å². The fourth-order valence-corrected chi connectivity index (χ4v) is 2.94. The van der Waals surface area contributed by atoms with Crippen molar-refractivity contribution in [1.29, 1.82) is 0 Å². The van der Waals surface area contributed by atoms with Crippen molar-refractivity contribution in [3.8, 4) is 0 Å². The van der Waals surface area contributed by atoms with E-state index in [0.29, 0.717) is 24.4 Å². The summed E-state index contributed by atoms with van der Waals surface area (Å²) >= 11 is 0. The van der Waals surface area contributed by atoms with E-state index in [1.54, 1.807) is 0 Å². The largest absolute Gasteiger partial charge is 0.338 e. The van der Waals surface area contributed by atoms with Crippen LogP contribution in [0.4, 0.5) is 0 Å². The lowest BCUT2D eigenvalue weighted by Gasteiger charge is -2.38. The van der Waals surface area contributed by atoms with Crippen LogP contribution in [-0.4, -0.2) is 86.6 Å². The molecule has 1 saturated heterocycles. The van der Waals surface area contributed by atoms with Gasteiger partial charge in [-0.1, -0.05) is 0 Å². The number of nitrogens with one attached hydrogen (secondary N) is 1. The zero-order valence-electron chi connectivity index (χ0n) is 14.0. The van der Waals surface area contributed by atoms with Crippen LogP contribution in [0.5, 0.6) is 0 Å². The Bertz CT molecular complexity index is 322. The first-order valence-electron chi connectivity index (χ1n) is 8.42. The summed E-state index contributed by atoms with van der Waals surface area (Å²) in [4.78, 5) is 19.3. The Morgan fingerprint density at radius 3 is 2.38 bits per heavy atom. The first kappa shape index (κ1) is 16.7. The Hall–Kier alpha value is -0.650. The van der Waals surface area contributed by atoms with Gasteiger partial charge in [0, 0.05) is 38.1 Å². The first-order chi connectivity index (χ1) is 10.1. The molecule has 0 aromatic carbocycles. The number of hydrogen-bond donors (Lipinski definition) is 1. The van der Waals surface area contributed by atoms with E-state index in [0.717, 1.165) is 45.6 Å². The molecule has 5 heteroatoms. The molecule has 5 nitrogen and oxygen atoms in total. The molecule has 0 aromatic rings. The molecule has 1 amide bonds. The van der Waals surface area contributed by atoms with Crippen molar-refractivity contribution in [1.82, 2.24) is 20.0 Å². The van der Waals surface area contributed by atoms with Gasteiger partial charge in [0.15, 0.2) is 0 Å². The number of hydrogen-bond acceptors (Lipinski definition) is 4. The van der Waals surface area contributed by atoms with Crippen molar-refractivity contribution < 1.29 is 4.79 Å². The number of piperidine rings is 1. The number of likely N-dealkylation sites (tertiary alicyclic amines) is 1. The lowest BCUT2D eigenvalue weighted by Crippen LogP contribution is -2.49. The Kier molecular flexibility index (Phi) is 6.45. The number of amides is 1. The lowest BCUT2D eigenvalue weighted by molar-refractivity contribution is -0.134. The van der Waals surface area contributed by atoms with Gasteiger partial charge in [0.1, 0.15) is 0 Å². The lowest BCUT2D eigenvalue weighted by atomic mass is 10.0.